The largest absolute Gasteiger partial charge is 0.359 e. The molecule has 0 aliphatic rings. The first kappa shape index (κ1) is 15.3. The highest BCUT2D eigenvalue weighted by molar-refractivity contribution is 7.89. The van der Waals surface area contributed by atoms with Crippen LogP contribution in [0, 0.1) is 10.1 Å². The summed E-state index contributed by atoms with van der Waals surface area (Å²) in [4.78, 5) is 9.93. The zero-order chi connectivity index (χ0) is 14.6. The maximum Gasteiger partial charge on any atom is 0.293 e. The number of benzene rings is 1. The molecule has 0 aliphatic carbocycles. The molecule has 0 aliphatic heterocycles. The Morgan fingerprint density at radius 2 is 2.16 bits per heavy atom. The fourth-order valence-electron chi connectivity index (χ4n) is 1.47. The minimum atomic E-state index is -3.98. The zero-order valence-corrected chi connectivity index (χ0v) is 11.3. The fraction of sp³-hybridized carbons (Fsp3) is 0.400. The molecule has 0 bridgehead atoms. The summed E-state index contributed by atoms with van der Waals surface area (Å²) in [5.74, 6) is 0. The summed E-state index contributed by atoms with van der Waals surface area (Å²) in [6, 6.07) is 3.40. The van der Waals surface area contributed by atoms with Crippen molar-refractivity contribution in [2.45, 2.75) is 25.0 Å². The van der Waals surface area contributed by atoms with E-state index < -0.39 is 21.2 Å². The molecule has 19 heavy (non-hydrogen) atoms. The van der Waals surface area contributed by atoms with Gasteiger partial charge in [-0.25, -0.2) is 13.6 Å². The SMILES string of the molecule is CCOC(C)Nc1ccc(S(N)(=O)=O)cc1[N+](=O)[O-]. The zero-order valence-electron chi connectivity index (χ0n) is 10.5. The van der Waals surface area contributed by atoms with Crippen LogP contribution in [0.4, 0.5) is 11.4 Å². The molecule has 1 aromatic carbocycles. The Morgan fingerprint density at radius 1 is 1.53 bits per heavy atom. The molecule has 0 fully saturated rings. The summed E-state index contributed by atoms with van der Waals surface area (Å²) in [7, 11) is -3.98. The normalized spacial score (nSPS) is 13.0. The van der Waals surface area contributed by atoms with E-state index in [4.69, 9.17) is 9.88 Å². The lowest BCUT2D eigenvalue weighted by molar-refractivity contribution is -0.384. The van der Waals surface area contributed by atoms with Gasteiger partial charge in [-0.3, -0.25) is 10.1 Å². The third-order valence-electron chi connectivity index (χ3n) is 2.27. The van der Waals surface area contributed by atoms with Crippen molar-refractivity contribution in [2.75, 3.05) is 11.9 Å². The molecule has 3 N–H and O–H groups in total. The van der Waals surface area contributed by atoms with Crippen LogP contribution in [0.25, 0.3) is 0 Å². The van der Waals surface area contributed by atoms with Crippen LogP contribution in [-0.4, -0.2) is 26.2 Å². The van der Waals surface area contributed by atoms with E-state index in [0.29, 0.717) is 6.61 Å². The third kappa shape index (κ3) is 4.16. The Labute approximate surface area is 110 Å². The summed E-state index contributed by atoms with van der Waals surface area (Å²) >= 11 is 0. The molecule has 0 amide bonds. The summed E-state index contributed by atoms with van der Waals surface area (Å²) < 4.78 is 27.5. The highest BCUT2D eigenvalue weighted by atomic mass is 32.2. The lowest BCUT2D eigenvalue weighted by atomic mass is 10.2. The fourth-order valence-corrected chi connectivity index (χ4v) is 2.01. The number of rotatable bonds is 6. The van der Waals surface area contributed by atoms with Gasteiger partial charge < -0.3 is 10.1 Å². The van der Waals surface area contributed by atoms with Crippen molar-refractivity contribution in [3.8, 4) is 0 Å². The van der Waals surface area contributed by atoms with Crippen LogP contribution >= 0.6 is 0 Å². The monoisotopic (exact) mass is 289 g/mol. The minimum Gasteiger partial charge on any atom is -0.359 e. The smallest absolute Gasteiger partial charge is 0.293 e. The topological polar surface area (TPSA) is 125 Å². The van der Waals surface area contributed by atoms with Gasteiger partial charge in [-0.1, -0.05) is 0 Å². The van der Waals surface area contributed by atoms with E-state index >= 15 is 0 Å². The second-order valence-electron chi connectivity index (χ2n) is 3.72. The average Bonchev–Trinajstić information content (AvgIpc) is 2.27. The first-order chi connectivity index (χ1) is 8.75. The number of hydrogen-bond donors (Lipinski definition) is 2. The summed E-state index contributed by atoms with van der Waals surface area (Å²) in [5, 5.41) is 18.6. The van der Waals surface area contributed by atoms with Crippen LogP contribution < -0.4 is 10.5 Å². The van der Waals surface area contributed by atoms with Gasteiger partial charge in [-0.15, -0.1) is 0 Å². The number of anilines is 1. The third-order valence-corrected chi connectivity index (χ3v) is 3.18. The second-order valence-corrected chi connectivity index (χ2v) is 5.28. The van der Waals surface area contributed by atoms with Crippen LogP contribution in [0.5, 0.6) is 0 Å². The summed E-state index contributed by atoms with van der Waals surface area (Å²) in [6.45, 7) is 3.91. The van der Waals surface area contributed by atoms with E-state index in [1.807, 2.05) is 0 Å². The molecule has 9 heteroatoms. The van der Waals surface area contributed by atoms with Gasteiger partial charge in [0, 0.05) is 12.7 Å². The molecule has 0 heterocycles. The minimum absolute atomic E-state index is 0.165. The number of nitrogens with zero attached hydrogens (tertiary/aromatic N) is 1. The van der Waals surface area contributed by atoms with Crippen LogP contribution in [0.3, 0.4) is 0 Å². The molecule has 106 valence electrons. The van der Waals surface area contributed by atoms with E-state index in [1.54, 1.807) is 13.8 Å². The van der Waals surface area contributed by atoms with Gasteiger partial charge in [0.2, 0.25) is 10.0 Å². The van der Waals surface area contributed by atoms with Gasteiger partial charge in [-0.2, -0.15) is 0 Å². The number of ether oxygens (including phenoxy) is 1. The van der Waals surface area contributed by atoms with Gasteiger partial charge in [-0.05, 0) is 26.0 Å². The molecule has 1 rings (SSSR count). The van der Waals surface area contributed by atoms with E-state index in [9.17, 15) is 18.5 Å². The molecule has 0 spiro atoms. The number of nitrogens with two attached hydrogens (primary N) is 1. The lowest BCUT2D eigenvalue weighted by Gasteiger charge is -2.15. The molecular weight excluding hydrogens is 274 g/mol. The molecule has 1 atom stereocenters. The van der Waals surface area contributed by atoms with Crippen molar-refractivity contribution in [2.24, 2.45) is 5.14 Å². The number of nitro benzene ring substituents is 1. The lowest BCUT2D eigenvalue weighted by Crippen LogP contribution is -2.20. The Morgan fingerprint density at radius 3 is 2.63 bits per heavy atom. The van der Waals surface area contributed by atoms with Crippen LogP contribution in [0.15, 0.2) is 23.1 Å². The van der Waals surface area contributed by atoms with Crippen molar-refractivity contribution in [1.29, 1.82) is 0 Å². The van der Waals surface area contributed by atoms with E-state index in [2.05, 4.69) is 5.32 Å². The molecule has 0 saturated heterocycles. The molecule has 1 aromatic rings. The maximum absolute atomic E-state index is 11.2. The Bertz CT molecular complexity index is 573. The van der Waals surface area contributed by atoms with E-state index in [1.165, 1.54) is 12.1 Å². The van der Waals surface area contributed by atoms with Gasteiger partial charge in [0.25, 0.3) is 5.69 Å². The maximum atomic E-state index is 11.2. The predicted molar refractivity (Wildman–Crippen MR) is 69.2 cm³/mol. The molecular formula is C10H15N3O5S. The molecule has 0 radical (unpaired) electrons. The highest BCUT2D eigenvalue weighted by Crippen LogP contribution is 2.27. The van der Waals surface area contributed by atoms with Crippen molar-refractivity contribution >= 4 is 21.4 Å². The number of hydrogen-bond acceptors (Lipinski definition) is 6. The second kappa shape index (κ2) is 5.95. The van der Waals surface area contributed by atoms with Gasteiger partial charge in [0.05, 0.1) is 9.82 Å². The number of nitrogens with one attached hydrogen (secondary N) is 1. The molecule has 0 saturated carbocycles. The Balaban J connectivity index is 3.16. The van der Waals surface area contributed by atoms with Gasteiger partial charge in [0.15, 0.2) is 0 Å². The standard InChI is InChI=1S/C10H15N3O5S/c1-3-18-7(2)12-9-5-4-8(19(11,16)17)6-10(9)13(14)15/h4-7,12H,3H2,1-2H3,(H2,11,16,17). The van der Waals surface area contributed by atoms with Crippen molar-refractivity contribution in [1.82, 2.24) is 0 Å². The number of primary sulfonamides is 1. The first-order valence-corrected chi connectivity index (χ1v) is 6.99. The highest BCUT2D eigenvalue weighted by Gasteiger charge is 2.19. The van der Waals surface area contributed by atoms with Crippen molar-refractivity contribution in [3.05, 3.63) is 28.3 Å². The predicted octanol–water partition coefficient (Wildman–Crippen LogP) is 1.04. The van der Waals surface area contributed by atoms with Crippen molar-refractivity contribution in [3.63, 3.8) is 0 Å². The van der Waals surface area contributed by atoms with Crippen molar-refractivity contribution < 1.29 is 18.1 Å². The molecule has 1 unspecified atom stereocenters. The number of sulfonamides is 1. The Hall–Kier alpha value is -1.71. The van der Waals surface area contributed by atoms with Crippen LogP contribution in [0.1, 0.15) is 13.8 Å². The molecule has 8 nitrogen and oxygen atoms in total. The number of nitro groups is 1. The first-order valence-electron chi connectivity index (χ1n) is 5.45. The average molecular weight is 289 g/mol. The Kier molecular flexibility index (Phi) is 4.81. The van der Waals surface area contributed by atoms with Crippen LogP contribution in [0.2, 0.25) is 0 Å². The summed E-state index contributed by atoms with van der Waals surface area (Å²) in [5.41, 5.74) is -0.212. The summed E-state index contributed by atoms with van der Waals surface area (Å²) in [6.07, 6.45) is -0.441. The van der Waals surface area contributed by atoms with Gasteiger partial charge >= 0.3 is 0 Å². The van der Waals surface area contributed by atoms with E-state index in [0.717, 1.165) is 6.07 Å². The van der Waals surface area contributed by atoms with Crippen LogP contribution in [-0.2, 0) is 14.8 Å². The quantitative estimate of drug-likeness (QED) is 0.458. The molecule has 0 aromatic heterocycles. The van der Waals surface area contributed by atoms with Gasteiger partial charge in [0.1, 0.15) is 11.9 Å². The van der Waals surface area contributed by atoms with E-state index in [-0.39, 0.29) is 16.3 Å².